The van der Waals surface area contributed by atoms with Crippen LogP contribution in [0.15, 0.2) is 0 Å². The van der Waals surface area contributed by atoms with Gasteiger partial charge in [0.05, 0.1) is 0 Å². The van der Waals surface area contributed by atoms with Crippen molar-refractivity contribution in [2.45, 2.75) is 62.5 Å². The standard InChI is InChI=1S/C19H32N2O3S/c1-25(23,24)19(3-5-20-6-4-19)17(22)21-7-2-18-11-14-8-15(12-18)10-16(9-14)13-18/h14-16,20H,2-13H2,1H3,(H,21,22). The number of carbonyl (C=O) groups excluding carboxylic acids is 1. The Bertz CT molecular complexity index is 602. The molecular weight excluding hydrogens is 336 g/mol. The Kier molecular flexibility index (Phi) is 4.42. The van der Waals surface area contributed by atoms with Crippen LogP contribution < -0.4 is 10.6 Å². The number of hydrogen-bond acceptors (Lipinski definition) is 4. The van der Waals surface area contributed by atoms with E-state index in [9.17, 15) is 13.2 Å². The molecule has 4 bridgehead atoms. The Labute approximate surface area is 151 Å². The van der Waals surface area contributed by atoms with Crippen molar-refractivity contribution in [2.75, 3.05) is 25.9 Å². The second-order valence-electron chi connectivity index (χ2n) is 9.44. The monoisotopic (exact) mass is 368 g/mol. The van der Waals surface area contributed by atoms with Crippen LogP contribution in [-0.4, -0.2) is 45.0 Å². The van der Waals surface area contributed by atoms with Gasteiger partial charge >= 0.3 is 0 Å². The highest BCUT2D eigenvalue weighted by atomic mass is 32.2. The van der Waals surface area contributed by atoms with Gasteiger partial charge in [0.25, 0.3) is 0 Å². The van der Waals surface area contributed by atoms with Crippen molar-refractivity contribution < 1.29 is 13.2 Å². The number of sulfone groups is 1. The third-order valence-electron chi connectivity index (χ3n) is 7.64. The van der Waals surface area contributed by atoms with Crippen molar-refractivity contribution >= 4 is 15.7 Å². The van der Waals surface area contributed by atoms with Gasteiger partial charge in [-0.2, -0.15) is 0 Å². The number of amides is 1. The van der Waals surface area contributed by atoms with Gasteiger partial charge in [0.15, 0.2) is 14.6 Å². The molecular formula is C19H32N2O3S. The summed E-state index contributed by atoms with van der Waals surface area (Å²) in [5.41, 5.74) is 0.425. The van der Waals surface area contributed by atoms with Crippen LogP contribution in [-0.2, 0) is 14.6 Å². The summed E-state index contributed by atoms with van der Waals surface area (Å²) in [6.07, 6.45) is 11.3. The summed E-state index contributed by atoms with van der Waals surface area (Å²) < 4.78 is 23.5. The summed E-state index contributed by atoms with van der Waals surface area (Å²) in [6, 6.07) is 0. The first-order valence-corrected chi connectivity index (χ1v) is 11.9. The number of hydrogen-bond donors (Lipinski definition) is 2. The largest absolute Gasteiger partial charge is 0.355 e. The van der Waals surface area contributed by atoms with E-state index in [1.54, 1.807) is 0 Å². The molecule has 0 radical (unpaired) electrons. The fourth-order valence-corrected chi connectivity index (χ4v) is 8.15. The molecule has 1 saturated heterocycles. The summed E-state index contributed by atoms with van der Waals surface area (Å²) >= 11 is 0. The first-order valence-electron chi connectivity index (χ1n) is 10.0. The predicted molar refractivity (Wildman–Crippen MR) is 97.9 cm³/mol. The van der Waals surface area contributed by atoms with Gasteiger partial charge in [-0.3, -0.25) is 4.79 Å². The highest BCUT2D eigenvalue weighted by Crippen LogP contribution is 2.61. The van der Waals surface area contributed by atoms with Gasteiger partial charge in [0.1, 0.15) is 0 Å². The second-order valence-corrected chi connectivity index (χ2v) is 11.8. The van der Waals surface area contributed by atoms with Crippen molar-refractivity contribution in [3.8, 4) is 0 Å². The van der Waals surface area contributed by atoms with E-state index in [4.69, 9.17) is 0 Å². The van der Waals surface area contributed by atoms with E-state index in [1.165, 1.54) is 44.8 Å². The molecule has 5 fully saturated rings. The minimum absolute atomic E-state index is 0.263. The molecule has 6 heteroatoms. The van der Waals surface area contributed by atoms with E-state index in [0.29, 0.717) is 37.9 Å². The number of carbonyl (C=O) groups is 1. The van der Waals surface area contributed by atoms with Crippen LogP contribution in [0, 0.1) is 23.2 Å². The van der Waals surface area contributed by atoms with Crippen LogP contribution in [0.5, 0.6) is 0 Å². The van der Waals surface area contributed by atoms with Crippen molar-refractivity contribution in [2.24, 2.45) is 23.2 Å². The third-order valence-corrected chi connectivity index (χ3v) is 9.65. The van der Waals surface area contributed by atoms with Crippen LogP contribution >= 0.6 is 0 Å². The van der Waals surface area contributed by atoms with E-state index in [2.05, 4.69) is 10.6 Å². The van der Waals surface area contributed by atoms with Gasteiger partial charge in [0.2, 0.25) is 5.91 Å². The average Bonchev–Trinajstić information content (AvgIpc) is 2.53. The van der Waals surface area contributed by atoms with Gasteiger partial charge < -0.3 is 10.6 Å². The number of rotatable bonds is 5. The molecule has 1 aliphatic heterocycles. The molecule has 142 valence electrons. The maximum atomic E-state index is 12.8. The molecule has 5 aliphatic rings. The average molecular weight is 369 g/mol. The minimum atomic E-state index is -3.41. The van der Waals surface area contributed by atoms with E-state index < -0.39 is 14.6 Å². The molecule has 0 aromatic carbocycles. The van der Waals surface area contributed by atoms with Crippen molar-refractivity contribution in [1.29, 1.82) is 0 Å². The summed E-state index contributed by atoms with van der Waals surface area (Å²) in [4.78, 5) is 12.8. The molecule has 25 heavy (non-hydrogen) atoms. The lowest BCUT2D eigenvalue weighted by Gasteiger charge is -2.57. The zero-order chi connectivity index (χ0) is 17.7. The van der Waals surface area contributed by atoms with Crippen LogP contribution in [0.4, 0.5) is 0 Å². The van der Waals surface area contributed by atoms with E-state index in [0.717, 1.165) is 24.2 Å². The molecule has 1 amide bonds. The smallest absolute Gasteiger partial charge is 0.241 e. The van der Waals surface area contributed by atoms with Gasteiger partial charge in [-0.15, -0.1) is 0 Å². The van der Waals surface area contributed by atoms with Gasteiger partial charge in [-0.05, 0) is 94.0 Å². The molecule has 1 heterocycles. The Morgan fingerprint density at radius 2 is 1.56 bits per heavy atom. The Morgan fingerprint density at radius 3 is 2.04 bits per heavy atom. The van der Waals surface area contributed by atoms with E-state index in [1.807, 2.05) is 0 Å². The minimum Gasteiger partial charge on any atom is -0.355 e. The molecule has 0 aromatic rings. The lowest BCUT2D eigenvalue weighted by atomic mass is 9.49. The van der Waals surface area contributed by atoms with Crippen molar-refractivity contribution in [3.63, 3.8) is 0 Å². The Hall–Kier alpha value is -0.620. The molecule has 0 spiro atoms. The lowest BCUT2D eigenvalue weighted by Crippen LogP contribution is -2.57. The zero-order valence-corrected chi connectivity index (χ0v) is 16.2. The van der Waals surface area contributed by atoms with E-state index >= 15 is 0 Å². The summed E-state index contributed by atoms with van der Waals surface area (Å²) in [6.45, 7) is 1.82. The van der Waals surface area contributed by atoms with E-state index in [-0.39, 0.29) is 5.91 Å². The first kappa shape index (κ1) is 17.8. The fourth-order valence-electron chi connectivity index (χ4n) is 6.80. The lowest BCUT2D eigenvalue weighted by molar-refractivity contribution is -0.124. The molecule has 5 nitrogen and oxygen atoms in total. The maximum absolute atomic E-state index is 12.8. The van der Waals surface area contributed by atoms with Crippen LogP contribution in [0.2, 0.25) is 0 Å². The van der Waals surface area contributed by atoms with Gasteiger partial charge in [0, 0.05) is 12.8 Å². The summed E-state index contributed by atoms with van der Waals surface area (Å²) in [5, 5.41) is 6.20. The fraction of sp³-hybridized carbons (Fsp3) is 0.947. The maximum Gasteiger partial charge on any atom is 0.241 e. The zero-order valence-electron chi connectivity index (χ0n) is 15.4. The van der Waals surface area contributed by atoms with Crippen LogP contribution in [0.25, 0.3) is 0 Å². The molecule has 5 rings (SSSR count). The summed E-state index contributed by atoms with van der Waals surface area (Å²) in [7, 11) is -3.41. The highest BCUT2D eigenvalue weighted by molar-refractivity contribution is 7.92. The van der Waals surface area contributed by atoms with Crippen LogP contribution in [0.1, 0.15) is 57.8 Å². The van der Waals surface area contributed by atoms with Crippen molar-refractivity contribution in [3.05, 3.63) is 0 Å². The molecule has 2 N–H and O–H groups in total. The van der Waals surface area contributed by atoms with Crippen LogP contribution in [0.3, 0.4) is 0 Å². The predicted octanol–water partition coefficient (Wildman–Crippen LogP) is 1.88. The van der Waals surface area contributed by atoms with Gasteiger partial charge in [-0.1, -0.05) is 0 Å². The SMILES string of the molecule is CS(=O)(=O)C1(C(=O)NCCC23CC4CC(CC(C4)C2)C3)CCNCC1. The Morgan fingerprint density at radius 1 is 1.04 bits per heavy atom. The normalized spacial score (nSPS) is 39.3. The molecule has 4 saturated carbocycles. The quantitative estimate of drug-likeness (QED) is 0.777. The molecule has 0 unspecified atom stereocenters. The summed E-state index contributed by atoms with van der Waals surface area (Å²) in [5.74, 6) is 2.47. The number of piperidine rings is 1. The number of nitrogens with one attached hydrogen (secondary N) is 2. The Balaban J connectivity index is 1.39. The molecule has 4 aliphatic carbocycles. The molecule has 0 atom stereocenters. The first-order chi connectivity index (χ1) is 11.8. The highest BCUT2D eigenvalue weighted by Gasteiger charge is 2.51. The van der Waals surface area contributed by atoms with Crippen molar-refractivity contribution in [1.82, 2.24) is 10.6 Å². The topological polar surface area (TPSA) is 75.3 Å². The van der Waals surface area contributed by atoms with Gasteiger partial charge in [-0.25, -0.2) is 8.42 Å². The second kappa shape index (κ2) is 6.22. The third kappa shape index (κ3) is 3.14. The molecule has 0 aromatic heterocycles.